The average Bonchev–Trinajstić information content (AvgIpc) is 3.45. The maximum atomic E-state index is 4.64. The van der Waals surface area contributed by atoms with Crippen molar-refractivity contribution in [1.82, 2.24) is 15.0 Å². The SMILES string of the molecule is [Ir].[c-]1ccccc1-c1ccccn1.c1ccc2sc(-c3nc4ccccc4s3)nc2c1. The van der Waals surface area contributed by atoms with E-state index in [-0.39, 0.29) is 20.1 Å². The Morgan fingerprint density at radius 1 is 0.613 bits per heavy atom. The minimum absolute atomic E-state index is 0. The Morgan fingerprint density at radius 3 is 1.71 bits per heavy atom. The molecule has 31 heavy (non-hydrogen) atoms. The number of para-hydroxylation sites is 2. The van der Waals surface area contributed by atoms with E-state index in [0.29, 0.717) is 0 Å². The minimum atomic E-state index is 0. The molecule has 0 aliphatic carbocycles. The molecule has 0 aliphatic heterocycles. The second-order valence-corrected chi connectivity index (χ2v) is 8.53. The first-order chi connectivity index (χ1) is 14.9. The summed E-state index contributed by atoms with van der Waals surface area (Å²) in [5.41, 5.74) is 4.12. The Hall–Kier alpha value is -2.76. The molecule has 0 bridgehead atoms. The molecule has 0 unspecified atom stereocenters. The number of benzene rings is 3. The second kappa shape index (κ2) is 10.0. The normalized spacial score (nSPS) is 10.3. The van der Waals surface area contributed by atoms with Crippen LogP contribution in [0.2, 0.25) is 0 Å². The first-order valence-corrected chi connectivity index (χ1v) is 11.1. The molecule has 0 atom stereocenters. The zero-order valence-corrected chi connectivity index (χ0v) is 20.3. The Morgan fingerprint density at radius 2 is 1.19 bits per heavy atom. The van der Waals surface area contributed by atoms with Gasteiger partial charge in [0.15, 0.2) is 10.0 Å². The van der Waals surface area contributed by atoms with E-state index in [9.17, 15) is 0 Å². The van der Waals surface area contributed by atoms with Crippen molar-refractivity contribution < 1.29 is 20.1 Å². The van der Waals surface area contributed by atoms with Crippen molar-refractivity contribution in [1.29, 1.82) is 0 Å². The number of pyridine rings is 1. The first-order valence-electron chi connectivity index (χ1n) is 9.46. The molecular weight excluding hydrogens is 599 g/mol. The van der Waals surface area contributed by atoms with Crippen molar-refractivity contribution in [3.63, 3.8) is 0 Å². The van der Waals surface area contributed by atoms with E-state index in [1.165, 1.54) is 9.40 Å². The predicted octanol–water partition coefficient (Wildman–Crippen LogP) is 7.12. The standard InChI is InChI=1S/C14H8N2S2.C11H8N.Ir/c1-3-7-11-9(5-1)15-13(17-11)14-16-10-6-2-4-8-12(10)18-14;1-2-6-10(7-3-1)11-8-4-5-9-12-11;/h1-8H;1-6,8-9H;/q;-1;. The summed E-state index contributed by atoms with van der Waals surface area (Å²) in [5.74, 6) is 0. The Balaban J connectivity index is 0.000000156. The van der Waals surface area contributed by atoms with Gasteiger partial charge in [0.05, 0.1) is 20.4 Å². The van der Waals surface area contributed by atoms with Crippen molar-refractivity contribution >= 4 is 43.1 Å². The monoisotopic (exact) mass is 615 g/mol. The Bertz CT molecular complexity index is 1220. The van der Waals surface area contributed by atoms with E-state index >= 15 is 0 Å². The second-order valence-electron chi connectivity index (χ2n) is 6.46. The van der Waals surface area contributed by atoms with Crippen LogP contribution < -0.4 is 0 Å². The van der Waals surface area contributed by atoms with Gasteiger partial charge in [-0.2, -0.15) is 0 Å². The fourth-order valence-electron chi connectivity index (χ4n) is 3.00. The van der Waals surface area contributed by atoms with Crippen molar-refractivity contribution in [3.8, 4) is 21.3 Å². The van der Waals surface area contributed by atoms with Crippen LogP contribution in [-0.2, 0) is 20.1 Å². The third-order valence-electron chi connectivity index (χ3n) is 4.42. The average molecular weight is 615 g/mol. The summed E-state index contributed by atoms with van der Waals surface area (Å²) < 4.78 is 2.43. The fraction of sp³-hybridized carbons (Fsp3) is 0. The smallest absolute Gasteiger partial charge is 0.153 e. The molecule has 3 aromatic heterocycles. The van der Waals surface area contributed by atoms with Crippen LogP contribution in [0.4, 0.5) is 0 Å². The van der Waals surface area contributed by atoms with Crippen LogP contribution in [0.3, 0.4) is 0 Å². The number of thiazole rings is 2. The maximum Gasteiger partial charge on any atom is 0.153 e. The zero-order chi connectivity index (χ0) is 20.2. The van der Waals surface area contributed by atoms with Gasteiger partial charge in [0, 0.05) is 26.3 Å². The van der Waals surface area contributed by atoms with Gasteiger partial charge in [-0.25, -0.2) is 9.97 Å². The molecule has 1 radical (unpaired) electrons. The van der Waals surface area contributed by atoms with Gasteiger partial charge in [-0.3, -0.25) is 0 Å². The summed E-state index contributed by atoms with van der Waals surface area (Å²) >= 11 is 3.40. The Kier molecular flexibility index (Phi) is 6.95. The van der Waals surface area contributed by atoms with Crippen molar-refractivity contribution in [2.75, 3.05) is 0 Å². The van der Waals surface area contributed by atoms with Crippen LogP contribution in [0, 0.1) is 6.07 Å². The van der Waals surface area contributed by atoms with Crippen LogP contribution in [0.5, 0.6) is 0 Å². The summed E-state index contributed by atoms with van der Waals surface area (Å²) in [4.78, 5) is 13.5. The van der Waals surface area contributed by atoms with Gasteiger partial charge in [-0.05, 0) is 36.0 Å². The molecule has 6 heteroatoms. The fourth-order valence-corrected chi connectivity index (χ4v) is 4.95. The molecule has 0 spiro atoms. The third kappa shape index (κ3) is 4.94. The molecule has 3 aromatic carbocycles. The molecule has 6 aromatic rings. The molecule has 3 nitrogen and oxygen atoms in total. The molecule has 0 aliphatic rings. The molecule has 6 rings (SSSR count). The summed E-state index contributed by atoms with van der Waals surface area (Å²) in [6.45, 7) is 0. The van der Waals surface area contributed by atoms with Crippen LogP contribution in [0.1, 0.15) is 0 Å². The summed E-state index contributed by atoms with van der Waals surface area (Å²) in [6, 6.07) is 33.2. The van der Waals surface area contributed by atoms with Crippen molar-refractivity contribution in [2.45, 2.75) is 0 Å². The maximum absolute atomic E-state index is 4.64. The van der Waals surface area contributed by atoms with Gasteiger partial charge in [0.2, 0.25) is 0 Å². The van der Waals surface area contributed by atoms with Gasteiger partial charge >= 0.3 is 0 Å². The molecular formula is C25H16IrN3S2-. The van der Waals surface area contributed by atoms with E-state index in [0.717, 1.165) is 32.3 Å². The van der Waals surface area contributed by atoms with E-state index in [4.69, 9.17) is 0 Å². The topological polar surface area (TPSA) is 38.7 Å². The number of rotatable bonds is 2. The van der Waals surface area contributed by atoms with E-state index in [1.807, 2.05) is 78.9 Å². The van der Waals surface area contributed by atoms with Gasteiger partial charge in [0.1, 0.15) is 0 Å². The molecule has 153 valence electrons. The zero-order valence-electron chi connectivity index (χ0n) is 16.2. The van der Waals surface area contributed by atoms with Crippen molar-refractivity contribution in [3.05, 3.63) is 103 Å². The van der Waals surface area contributed by atoms with Crippen LogP contribution in [0.25, 0.3) is 41.7 Å². The van der Waals surface area contributed by atoms with Crippen LogP contribution >= 0.6 is 22.7 Å². The first kappa shape index (κ1) is 21.5. The van der Waals surface area contributed by atoms with Crippen LogP contribution in [0.15, 0.2) is 97.2 Å². The molecule has 0 saturated carbocycles. The summed E-state index contributed by atoms with van der Waals surface area (Å²) in [7, 11) is 0. The largest absolute Gasteiger partial charge is 0.305 e. The molecule has 0 saturated heterocycles. The molecule has 0 amide bonds. The number of fused-ring (bicyclic) bond motifs is 2. The van der Waals surface area contributed by atoms with Gasteiger partial charge < -0.3 is 4.98 Å². The van der Waals surface area contributed by atoms with E-state index in [1.54, 1.807) is 28.9 Å². The van der Waals surface area contributed by atoms with E-state index < -0.39 is 0 Å². The third-order valence-corrected chi connectivity index (χ3v) is 6.64. The van der Waals surface area contributed by atoms with Crippen molar-refractivity contribution in [2.24, 2.45) is 0 Å². The van der Waals surface area contributed by atoms with Gasteiger partial charge in [-0.1, -0.05) is 36.4 Å². The van der Waals surface area contributed by atoms with Crippen LogP contribution in [-0.4, -0.2) is 15.0 Å². The summed E-state index contributed by atoms with van der Waals surface area (Å²) in [6.07, 6.45) is 1.79. The number of hydrogen-bond donors (Lipinski definition) is 0. The Labute approximate surface area is 201 Å². The molecule has 0 fully saturated rings. The molecule has 3 heterocycles. The number of hydrogen-bond acceptors (Lipinski definition) is 5. The quantitative estimate of drug-likeness (QED) is 0.195. The minimum Gasteiger partial charge on any atom is -0.305 e. The number of nitrogens with zero attached hydrogens (tertiary/aromatic N) is 3. The predicted molar refractivity (Wildman–Crippen MR) is 127 cm³/mol. The molecule has 0 N–H and O–H groups in total. The van der Waals surface area contributed by atoms with Gasteiger partial charge in [0.25, 0.3) is 0 Å². The van der Waals surface area contributed by atoms with E-state index in [2.05, 4.69) is 33.2 Å². The van der Waals surface area contributed by atoms with Gasteiger partial charge in [-0.15, -0.1) is 58.6 Å². The number of aromatic nitrogens is 3. The summed E-state index contributed by atoms with van der Waals surface area (Å²) in [5, 5.41) is 2.02.